The van der Waals surface area contributed by atoms with Gasteiger partial charge in [0, 0.05) is 11.9 Å². The Balaban J connectivity index is 2.04. The number of benzene rings is 1. The van der Waals surface area contributed by atoms with Gasteiger partial charge in [-0.25, -0.2) is 9.79 Å². The number of hydrogen-bond donors (Lipinski definition) is 3. The molecule has 1 aromatic rings. The molecule has 0 unspecified atom stereocenters. The number of nitrogens with zero attached hydrogens (tertiary/aromatic N) is 2. The molecule has 2 heterocycles. The topological polar surface area (TPSA) is 125 Å². The van der Waals surface area contributed by atoms with Gasteiger partial charge in [-0.15, -0.1) is 0 Å². The average Bonchev–Trinajstić information content (AvgIpc) is 2.76. The molecule has 0 aromatic heterocycles. The van der Waals surface area contributed by atoms with Gasteiger partial charge in [0.2, 0.25) is 5.91 Å². The normalized spacial score (nSPS) is 27.9. The van der Waals surface area contributed by atoms with Crippen LogP contribution in [0.1, 0.15) is 12.0 Å². The number of carbonyl (C=O) groups excluding carboxylic acids is 1. The zero-order chi connectivity index (χ0) is 16.6. The molecule has 1 amide bonds. The number of rotatable bonds is 4. The van der Waals surface area contributed by atoms with Crippen LogP contribution in [0.5, 0.6) is 0 Å². The Morgan fingerprint density at radius 1 is 1.48 bits per heavy atom. The van der Waals surface area contributed by atoms with Crippen molar-refractivity contribution in [2.24, 2.45) is 4.99 Å². The molecule has 120 valence electrons. The molecule has 8 nitrogen and oxygen atoms in total. The van der Waals surface area contributed by atoms with Gasteiger partial charge in [-0.3, -0.25) is 9.69 Å². The fourth-order valence-corrected chi connectivity index (χ4v) is 2.63. The Labute approximate surface area is 131 Å². The minimum atomic E-state index is -1.98. The van der Waals surface area contributed by atoms with Gasteiger partial charge in [-0.05, 0) is 23.8 Å². The van der Waals surface area contributed by atoms with Crippen LogP contribution in [0.3, 0.4) is 0 Å². The SMILES string of the molecule is Nc1ccc(/C=N/[C@]2(C(=O)O)/C(=C/CO)O[C@@H]3CC(=O)N32)cc1. The van der Waals surface area contributed by atoms with Gasteiger partial charge in [-0.2, -0.15) is 0 Å². The summed E-state index contributed by atoms with van der Waals surface area (Å²) in [6.07, 6.45) is 1.98. The number of hydrogen-bond acceptors (Lipinski definition) is 6. The molecule has 2 aliphatic heterocycles. The van der Waals surface area contributed by atoms with E-state index in [0.717, 1.165) is 4.90 Å². The summed E-state index contributed by atoms with van der Waals surface area (Å²) in [5, 5.41) is 18.8. The first kappa shape index (κ1) is 15.0. The number of aliphatic hydroxyl groups is 1. The second-order valence-corrected chi connectivity index (χ2v) is 5.19. The molecule has 23 heavy (non-hydrogen) atoms. The van der Waals surface area contributed by atoms with Crippen LogP contribution in [0.4, 0.5) is 5.69 Å². The molecule has 2 atom stereocenters. The summed E-state index contributed by atoms with van der Waals surface area (Å²) in [6, 6.07) is 6.66. The summed E-state index contributed by atoms with van der Waals surface area (Å²) in [5.41, 5.74) is 4.81. The van der Waals surface area contributed by atoms with Gasteiger partial charge in [0.25, 0.3) is 5.66 Å². The molecule has 2 saturated heterocycles. The molecule has 0 aliphatic carbocycles. The quantitative estimate of drug-likeness (QED) is 0.405. The highest BCUT2D eigenvalue weighted by molar-refractivity contribution is 5.96. The number of amides is 1. The Hall–Kier alpha value is -2.87. The molecular formula is C15H15N3O5. The number of nitrogen functional groups attached to an aromatic ring is 1. The van der Waals surface area contributed by atoms with Gasteiger partial charge in [0.05, 0.1) is 13.0 Å². The first-order valence-corrected chi connectivity index (χ1v) is 6.93. The lowest BCUT2D eigenvalue weighted by atomic mass is 10.0. The number of anilines is 1. The zero-order valence-electron chi connectivity index (χ0n) is 12.0. The predicted octanol–water partition coefficient (Wildman–Crippen LogP) is -0.0666. The fourth-order valence-electron chi connectivity index (χ4n) is 2.63. The Kier molecular flexibility index (Phi) is 3.53. The van der Waals surface area contributed by atoms with Gasteiger partial charge in [0.1, 0.15) is 0 Å². The van der Waals surface area contributed by atoms with Crippen LogP contribution in [-0.2, 0) is 14.3 Å². The van der Waals surface area contributed by atoms with Crippen LogP contribution in [0, 0.1) is 0 Å². The van der Waals surface area contributed by atoms with Crippen molar-refractivity contribution >= 4 is 23.8 Å². The Morgan fingerprint density at radius 2 is 2.17 bits per heavy atom. The number of aliphatic carboxylic acids is 1. The summed E-state index contributed by atoms with van der Waals surface area (Å²) >= 11 is 0. The van der Waals surface area contributed by atoms with Crippen molar-refractivity contribution in [3.8, 4) is 0 Å². The summed E-state index contributed by atoms with van der Waals surface area (Å²) in [5.74, 6) is -1.78. The van der Waals surface area contributed by atoms with Crippen LogP contribution < -0.4 is 5.73 Å². The lowest BCUT2D eigenvalue weighted by molar-refractivity contribution is -0.170. The lowest BCUT2D eigenvalue weighted by Gasteiger charge is -2.37. The summed E-state index contributed by atoms with van der Waals surface area (Å²) in [6.45, 7) is -0.420. The third-order valence-electron chi connectivity index (χ3n) is 3.77. The lowest BCUT2D eigenvalue weighted by Crippen LogP contribution is -2.61. The molecule has 2 fully saturated rings. The third-order valence-corrected chi connectivity index (χ3v) is 3.77. The molecule has 3 rings (SSSR count). The van der Waals surface area contributed by atoms with E-state index in [1.54, 1.807) is 24.3 Å². The van der Waals surface area contributed by atoms with E-state index in [9.17, 15) is 14.7 Å². The van der Waals surface area contributed by atoms with Crippen LogP contribution in [0.25, 0.3) is 0 Å². The van der Waals surface area contributed by atoms with Crippen molar-refractivity contribution in [2.75, 3.05) is 12.3 Å². The van der Waals surface area contributed by atoms with Gasteiger partial charge < -0.3 is 20.7 Å². The maximum absolute atomic E-state index is 11.9. The summed E-state index contributed by atoms with van der Waals surface area (Å²) < 4.78 is 5.45. The molecule has 1 aromatic carbocycles. The minimum absolute atomic E-state index is 0.0601. The van der Waals surface area contributed by atoms with Gasteiger partial charge >= 0.3 is 5.97 Å². The highest BCUT2D eigenvalue weighted by atomic mass is 16.5. The molecule has 0 spiro atoms. The van der Waals surface area contributed by atoms with E-state index in [4.69, 9.17) is 15.6 Å². The van der Waals surface area contributed by atoms with E-state index in [1.165, 1.54) is 12.3 Å². The molecule has 0 bridgehead atoms. The van der Waals surface area contributed by atoms with E-state index in [-0.39, 0.29) is 18.1 Å². The molecule has 2 aliphatic rings. The summed E-state index contributed by atoms with van der Waals surface area (Å²) in [4.78, 5) is 28.9. The number of aliphatic hydroxyl groups excluding tert-OH is 1. The van der Waals surface area contributed by atoms with E-state index in [0.29, 0.717) is 11.3 Å². The average molecular weight is 317 g/mol. The fraction of sp³-hybridized carbons (Fsp3) is 0.267. The highest BCUT2D eigenvalue weighted by Crippen LogP contribution is 2.45. The molecule has 0 radical (unpaired) electrons. The van der Waals surface area contributed by atoms with E-state index >= 15 is 0 Å². The monoisotopic (exact) mass is 317 g/mol. The van der Waals surface area contributed by atoms with Crippen LogP contribution >= 0.6 is 0 Å². The number of β-lactam (4-membered cyclic amide) rings is 1. The standard InChI is InChI=1S/C15H15N3O5/c16-10-3-1-9(2-4-10)8-17-15(14(21)22)11(5-6-19)23-13-7-12(20)18(13)15/h1-5,8,13,19H,6-7,16H2,(H,21,22)/b11-5-,17-8+/t13-,15-/m1/s1. The number of ether oxygens (including phenoxy) is 1. The predicted molar refractivity (Wildman–Crippen MR) is 80.3 cm³/mol. The Bertz CT molecular complexity index is 712. The largest absolute Gasteiger partial charge is 0.478 e. The Morgan fingerprint density at radius 3 is 2.74 bits per heavy atom. The van der Waals surface area contributed by atoms with Crippen LogP contribution in [0.2, 0.25) is 0 Å². The maximum Gasteiger partial charge on any atom is 0.361 e. The number of carbonyl (C=O) groups is 2. The van der Waals surface area contributed by atoms with Gasteiger partial charge in [0.15, 0.2) is 12.0 Å². The van der Waals surface area contributed by atoms with Crippen molar-refractivity contribution in [1.82, 2.24) is 4.90 Å². The van der Waals surface area contributed by atoms with Crippen molar-refractivity contribution in [1.29, 1.82) is 0 Å². The first-order chi connectivity index (χ1) is 11.0. The minimum Gasteiger partial charge on any atom is -0.478 e. The zero-order valence-corrected chi connectivity index (χ0v) is 12.0. The first-order valence-electron chi connectivity index (χ1n) is 6.93. The molecule has 8 heteroatoms. The number of carboxylic acids is 1. The van der Waals surface area contributed by atoms with E-state index in [1.807, 2.05) is 0 Å². The second kappa shape index (κ2) is 5.40. The number of fused-ring (bicyclic) bond motifs is 1. The second-order valence-electron chi connectivity index (χ2n) is 5.19. The van der Waals surface area contributed by atoms with Gasteiger partial charge in [-0.1, -0.05) is 12.1 Å². The molecule has 4 N–H and O–H groups in total. The van der Waals surface area contributed by atoms with Crippen molar-refractivity contribution < 1.29 is 24.5 Å². The van der Waals surface area contributed by atoms with Crippen molar-refractivity contribution in [3.63, 3.8) is 0 Å². The molecule has 0 saturated carbocycles. The maximum atomic E-state index is 11.9. The van der Waals surface area contributed by atoms with Crippen molar-refractivity contribution in [3.05, 3.63) is 41.7 Å². The highest BCUT2D eigenvalue weighted by Gasteiger charge is 2.65. The van der Waals surface area contributed by atoms with Crippen LogP contribution in [0.15, 0.2) is 41.1 Å². The summed E-state index contributed by atoms with van der Waals surface area (Å²) in [7, 11) is 0. The van der Waals surface area contributed by atoms with Crippen LogP contribution in [-0.4, -0.2) is 51.7 Å². The number of nitrogens with two attached hydrogens (primary N) is 1. The van der Waals surface area contributed by atoms with E-state index in [2.05, 4.69) is 4.99 Å². The van der Waals surface area contributed by atoms with Crippen molar-refractivity contribution in [2.45, 2.75) is 18.3 Å². The smallest absolute Gasteiger partial charge is 0.361 e. The number of aliphatic imine (C=N–C) groups is 1. The molecular weight excluding hydrogens is 302 g/mol. The third kappa shape index (κ3) is 2.23. The number of carboxylic acid groups (broad SMARTS) is 1. The van der Waals surface area contributed by atoms with E-state index < -0.39 is 24.5 Å².